The number of rotatable bonds is 5. The van der Waals surface area contributed by atoms with Crippen LogP contribution in [0.3, 0.4) is 0 Å². The fourth-order valence-electron chi connectivity index (χ4n) is 1.58. The van der Waals surface area contributed by atoms with E-state index in [1.807, 2.05) is 0 Å². The number of aliphatic hydroxyl groups excluding tert-OH is 1. The molecular weight excluding hydrogens is 313 g/mol. The van der Waals surface area contributed by atoms with Gasteiger partial charge in [-0.05, 0) is 12.1 Å². The van der Waals surface area contributed by atoms with Crippen molar-refractivity contribution in [1.82, 2.24) is 14.5 Å². The number of nitrogens with zero attached hydrogens (tertiary/aromatic N) is 3. The Hall–Kier alpha value is -2.23. The summed E-state index contributed by atoms with van der Waals surface area (Å²) in [7, 11) is 0. The highest BCUT2D eigenvalue weighted by Crippen LogP contribution is 2.37. The molecule has 22 heavy (non-hydrogen) atoms. The molecule has 0 atom stereocenters. The van der Waals surface area contributed by atoms with Crippen molar-refractivity contribution in [2.24, 2.45) is 0 Å². The lowest BCUT2D eigenvalue weighted by atomic mass is 10.3. The predicted octanol–water partition coefficient (Wildman–Crippen LogP) is 2.35. The molecule has 2 aromatic rings. The highest BCUT2D eigenvalue weighted by Gasteiger charge is 2.61. The SMILES string of the molecule is OCc1nccn1Cc1ccc(OC(F)(F)C(F)(F)F)cn1. The number of halogens is 5. The van der Waals surface area contributed by atoms with Gasteiger partial charge in [0.2, 0.25) is 0 Å². The molecule has 0 saturated carbocycles. The smallest absolute Gasteiger partial charge is 0.424 e. The molecule has 0 aliphatic carbocycles. The van der Waals surface area contributed by atoms with Crippen molar-refractivity contribution in [3.63, 3.8) is 0 Å². The van der Waals surface area contributed by atoms with Gasteiger partial charge in [0.1, 0.15) is 18.2 Å². The molecule has 0 aromatic carbocycles. The van der Waals surface area contributed by atoms with Crippen LogP contribution < -0.4 is 4.74 Å². The zero-order valence-electron chi connectivity index (χ0n) is 10.9. The van der Waals surface area contributed by atoms with Gasteiger partial charge in [-0.25, -0.2) is 4.98 Å². The van der Waals surface area contributed by atoms with E-state index < -0.39 is 18.0 Å². The molecule has 2 aromatic heterocycles. The van der Waals surface area contributed by atoms with Crippen LogP contribution in [0.4, 0.5) is 22.0 Å². The molecule has 0 radical (unpaired) electrons. The summed E-state index contributed by atoms with van der Waals surface area (Å²) in [6, 6.07) is 2.19. The van der Waals surface area contributed by atoms with E-state index in [4.69, 9.17) is 5.11 Å². The van der Waals surface area contributed by atoms with Crippen LogP contribution >= 0.6 is 0 Å². The molecule has 2 rings (SSSR count). The summed E-state index contributed by atoms with van der Waals surface area (Å²) < 4.78 is 66.6. The van der Waals surface area contributed by atoms with Crippen LogP contribution in [0.1, 0.15) is 11.5 Å². The van der Waals surface area contributed by atoms with E-state index >= 15 is 0 Å². The first-order valence-electron chi connectivity index (χ1n) is 5.92. The largest absolute Gasteiger partial charge is 0.499 e. The summed E-state index contributed by atoms with van der Waals surface area (Å²) in [5.74, 6) is -0.343. The summed E-state index contributed by atoms with van der Waals surface area (Å²) in [4.78, 5) is 7.60. The first-order chi connectivity index (χ1) is 10.2. The first-order valence-corrected chi connectivity index (χ1v) is 5.92. The van der Waals surface area contributed by atoms with Crippen molar-refractivity contribution >= 4 is 0 Å². The number of imidazole rings is 1. The number of alkyl halides is 5. The topological polar surface area (TPSA) is 60.2 Å². The zero-order valence-corrected chi connectivity index (χ0v) is 10.9. The maximum Gasteiger partial charge on any atom is 0.499 e. The quantitative estimate of drug-likeness (QED) is 0.858. The zero-order chi connectivity index (χ0) is 16.4. The molecule has 2 heterocycles. The summed E-state index contributed by atoms with van der Waals surface area (Å²) >= 11 is 0. The third-order valence-electron chi connectivity index (χ3n) is 2.65. The van der Waals surface area contributed by atoms with Crippen molar-refractivity contribution in [2.45, 2.75) is 25.4 Å². The molecule has 0 unspecified atom stereocenters. The van der Waals surface area contributed by atoms with E-state index in [9.17, 15) is 22.0 Å². The van der Waals surface area contributed by atoms with Crippen molar-refractivity contribution < 1.29 is 31.8 Å². The summed E-state index contributed by atoms with van der Waals surface area (Å²) in [5, 5.41) is 9.02. The molecular formula is C12H10F5N3O2. The average molecular weight is 323 g/mol. The number of pyridine rings is 1. The highest BCUT2D eigenvalue weighted by atomic mass is 19.4. The maximum absolute atomic E-state index is 12.7. The van der Waals surface area contributed by atoms with Crippen LogP contribution in [-0.2, 0) is 13.2 Å². The Morgan fingerprint density at radius 2 is 1.86 bits per heavy atom. The van der Waals surface area contributed by atoms with Crippen LogP contribution in [0.2, 0.25) is 0 Å². The van der Waals surface area contributed by atoms with Crippen molar-refractivity contribution in [1.29, 1.82) is 0 Å². The van der Waals surface area contributed by atoms with Gasteiger partial charge in [-0.1, -0.05) is 0 Å². The lowest BCUT2D eigenvalue weighted by molar-refractivity contribution is -0.360. The Bertz CT molecular complexity index is 624. The molecule has 0 aliphatic rings. The molecule has 0 fully saturated rings. The molecule has 0 saturated heterocycles. The molecule has 0 bridgehead atoms. The third-order valence-corrected chi connectivity index (χ3v) is 2.65. The summed E-state index contributed by atoms with van der Waals surface area (Å²) in [6.45, 7) is -0.127. The first kappa shape index (κ1) is 16.1. The second-order valence-electron chi connectivity index (χ2n) is 4.23. The normalized spacial score (nSPS) is 12.5. The molecule has 10 heteroatoms. The standard InChI is InChI=1S/C12H10F5N3O2/c13-11(14,15)12(16,17)22-9-2-1-8(19-5-9)6-20-4-3-18-10(20)7-21/h1-5,21H,6-7H2. The van der Waals surface area contributed by atoms with Gasteiger partial charge >= 0.3 is 12.3 Å². The van der Waals surface area contributed by atoms with Gasteiger partial charge in [0, 0.05) is 12.4 Å². The minimum atomic E-state index is -5.81. The van der Waals surface area contributed by atoms with Gasteiger partial charge in [-0.15, -0.1) is 0 Å². The van der Waals surface area contributed by atoms with Crippen molar-refractivity contribution in [2.75, 3.05) is 0 Å². The van der Waals surface area contributed by atoms with Crippen molar-refractivity contribution in [3.05, 3.63) is 42.2 Å². The highest BCUT2D eigenvalue weighted by molar-refractivity contribution is 5.21. The predicted molar refractivity (Wildman–Crippen MR) is 63.1 cm³/mol. The van der Waals surface area contributed by atoms with Gasteiger partial charge in [-0.3, -0.25) is 4.98 Å². The Balaban J connectivity index is 2.08. The minimum absolute atomic E-state index is 0.172. The molecule has 120 valence electrons. The lowest BCUT2D eigenvalue weighted by Crippen LogP contribution is -2.41. The van der Waals surface area contributed by atoms with E-state index in [0.717, 1.165) is 12.3 Å². The monoisotopic (exact) mass is 323 g/mol. The second kappa shape index (κ2) is 5.87. The number of ether oxygens (including phenoxy) is 1. The molecule has 0 amide bonds. The van der Waals surface area contributed by atoms with Gasteiger partial charge < -0.3 is 14.4 Å². The molecule has 0 spiro atoms. The fraction of sp³-hybridized carbons (Fsp3) is 0.333. The number of hydrogen-bond donors (Lipinski definition) is 1. The number of hydrogen-bond acceptors (Lipinski definition) is 4. The minimum Gasteiger partial charge on any atom is -0.424 e. The Kier molecular flexibility index (Phi) is 4.31. The lowest BCUT2D eigenvalue weighted by Gasteiger charge is -2.19. The van der Waals surface area contributed by atoms with Gasteiger partial charge in [0.25, 0.3) is 0 Å². The van der Waals surface area contributed by atoms with E-state index in [1.165, 1.54) is 12.3 Å². The fourth-order valence-corrected chi connectivity index (χ4v) is 1.58. The molecule has 5 nitrogen and oxygen atoms in total. The number of aromatic nitrogens is 3. The van der Waals surface area contributed by atoms with E-state index in [1.54, 1.807) is 10.8 Å². The maximum atomic E-state index is 12.7. The van der Waals surface area contributed by atoms with Crippen LogP contribution in [0.25, 0.3) is 0 Å². The van der Waals surface area contributed by atoms with Gasteiger partial charge in [0.15, 0.2) is 0 Å². The van der Waals surface area contributed by atoms with Crippen LogP contribution in [0.5, 0.6) is 5.75 Å². The number of aliphatic hydroxyl groups is 1. The van der Waals surface area contributed by atoms with Crippen molar-refractivity contribution in [3.8, 4) is 5.75 Å². The second-order valence-corrected chi connectivity index (χ2v) is 4.23. The van der Waals surface area contributed by atoms with E-state index in [2.05, 4.69) is 14.7 Å². The summed E-state index contributed by atoms with van der Waals surface area (Å²) in [6.07, 6.45) is -7.31. The Morgan fingerprint density at radius 3 is 2.41 bits per heavy atom. The van der Waals surface area contributed by atoms with Crippen LogP contribution in [0.15, 0.2) is 30.7 Å². The molecule has 0 aliphatic heterocycles. The Labute approximate surface area is 121 Å². The van der Waals surface area contributed by atoms with Crippen LogP contribution in [-0.4, -0.2) is 31.9 Å². The average Bonchev–Trinajstić information content (AvgIpc) is 2.86. The van der Waals surface area contributed by atoms with E-state index in [0.29, 0.717) is 11.5 Å². The third kappa shape index (κ3) is 3.50. The van der Waals surface area contributed by atoms with Gasteiger partial charge in [0.05, 0.1) is 18.4 Å². The van der Waals surface area contributed by atoms with Crippen LogP contribution in [0, 0.1) is 0 Å². The summed E-state index contributed by atoms with van der Waals surface area (Å²) in [5.41, 5.74) is 0.371. The van der Waals surface area contributed by atoms with Gasteiger partial charge in [-0.2, -0.15) is 22.0 Å². The van der Waals surface area contributed by atoms with E-state index in [-0.39, 0.29) is 13.2 Å². The molecule has 1 N–H and O–H groups in total. The Morgan fingerprint density at radius 1 is 1.14 bits per heavy atom.